The summed E-state index contributed by atoms with van der Waals surface area (Å²) in [5.41, 5.74) is 3.70. The molecular formula is C15H21N3O3S. The van der Waals surface area contributed by atoms with E-state index in [1.807, 2.05) is 35.9 Å². The standard InChI is InChI=1S/C15H21N3O3S/c1-18-12-6-3-4-7-13(12)22-15(18)17-16-14(19)8-5-9-21-11-10-20-2/h3-4,6-7H,5,8-11H2,1-2H3,(H,16,19)/b17-15-. The van der Waals surface area contributed by atoms with Crippen LogP contribution in [0.3, 0.4) is 0 Å². The molecule has 2 aromatic rings. The molecule has 0 fully saturated rings. The van der Waals surface area contributed by atoms with Gasteiger partial charge in [0.2, 0.25) is 10.7 Å². The molecule has 0 radical (unpaired) electrons. The summed E-state index contributed by atoms with van der Waals surface area (Å²) in [4.78, 5) is 12.5. The van der Waals surface area contributed by atoms with Gasteiger partial charge in [0.05, 0.1) is 23.4 Å². The van der Waals surface area contributed by atoms with E-state index < -0.39 is 0 Å². The Morgan fingerprint density at radius 3 is 2.91 bits per heavy atom. The van der Waals surface area contributed by atoms with Gasteiger partial charge in [-0.25, -0.2) is 5.43 Å². The lowest BCUT2D eigenvalue weighted by Gasteiger charge is -2.02. The molecule has 0 saturated carbocycles. The molecule has 0 spiro atoms. The van der Waals surface area contributed by atoms with Gasteiger partial charge in [0.25, 0.3) is 0 Å². The molecule has 0 aliphatic heterocycles. The van der Waals surface area contributed by atoms with Crippen LogP contribution >= 0.6 is 11.3 Å². The van der Waals surface area contributed by atoms with Gasteiger partial charge in [-0.15, -0.1) is 5.10 Å². The van der Waals surface area contributed by atoms with E-state index in [4.69, 9.17) is 9.47 Å². The molecule has 1 aromatic carbocycles. The van der Waals surface area contributed by atoms with E-state index in [1.54, 1.807) is 18.4 Å². The fourth-order valence-electron chi connectivity index (χ4n) is 1.93. The molecule has 0 saturated heterocycles. The molecule has 0 aliphatic carbocycles. The van der Waals surface area contributed by atoms with Gasteiger partial charge < -0.3 is 14.0 Å². The van der Waals surface area contributed by atoms with E-state index in [0.717, 1.165) is 15.0 Å². The fourth-order valence-corrected chi connectivity index (χ4v) is 2.91. The molecule has 0 atom stereocenters. The summed E-state index contributed by atoms with van der Waals surface area (Å²) in [6.07, 6.45) is 1.06. The lowest BCUT2D eigenvalue weighted by atomic mass is 10.3. The minimum atomic E-state index is -0.104. The number of methoxy groups -OCH3 is 1. The van der Waals surface area contributed by atoms with Crippen LogP contribution in [0.25, 0.3) is 10.2 Å². The van der Waals surface area contributed by atoms with E-state index in [-0.39, 0.29) is 5.91 Å². The Morgan fingerprint density at radius 2 is 2.14 bits per heavy atom. The Hall–Kier alpha value is -1.70. The van der Waals surface area contributed by atoms with E-state index in [9.17, 15) is 4.79 Å². The lowest BCUT2D eigenvalue weighted by Crippen LogP contribution is -2.23. The molecule has 1 heterocycles. The van der Waals surface area contributed by atoms with Crippen molar-refractivity contribution in [3.8, 4) is 0 Å². The lowest BCUT2D eigenvalue weighted by molar-refractivity contribution is -0.121. The number of aromatic nitrogens is 1. The SMILES string of the molecule is COCCOCCCC(=O)N/N=c1\sc2ccccc2n1C. The predicted octanol–water partition coefficient (Wildman–Crippen LogP) is 1.61. The van der Waals surface area contributed by atoms with Gasteiger partial charge in [0.15, 0.2) is 0 Å². The molecule has 1 N–H and O–H groups in total. The van der Waals surface area contributed by atoms with Gasteiger partial charge in [0.1, 0.15) is 0 Å². The average molecular weight is 323 g/mol. The summed E-state index contributed by atoms with van der Waals surface area (Å²) in [6, 6.07) is 8.05. The third-order valence-corrected chi connectivity index (χ3v) is 4.23. The van der Waals surface area contributed by atoms with Crippen molar-refractivity contribution < 1.29 is 14.3 Å². The van der Waals surface area contributed by atoms with Crippen molar-refractivity contribution in [2.24, 2.45) is 12.1 Å². The molecular weight excluding hydrogens is 302 g/mol. The number of aryl methyl sites for hydroxylation is 1. The Kier molecular flexibility index (Phi) is 6.57. The van der Waals surface area contributed by atoms with Crippen LogP contribution in [0.2, 0.25) is 0 Å². The molecule has 0 aliphatic rings. The number of carbonyl (C=O) groups is 1. The summed E-state index contributed by atoms with van der Waals surface area (Å²) in [7, 11) is 3.57. The number of hydrogen-bond donors (Lipinski definition) is 1. The van der Waals surface area contributed by atoms with Crippen molar-refractivity contribution in [3.63, 3.8) is 0 Å². The first kappa shape index (κ1) is 16.7. The first-order chi connectivity index (χ1) is 10.7. The van der Waals surface area contributed by atoms with Gasteiger partial charge in [-0.3, -0.25) is 4.79 Å². The second-order valence-corrected chi connectivity index (χ2v) is 5.78. The van der Waals surface area contributed by atoms with E-state index in [2.05, 4.69) is 10.5 Å². The Morgan fingerprint density at radius 1 is 1.32 bits per heavy atom. The number of nitrogens with one attached hydrogen (secondary N) is 1. The van der Waals surface area contributed by atoms with Crippen molar-refractivity contribution in [3.05, 3.63) is 29.1 Å². The first-order valence-corrected chi connectivity index (χ1v) is 7.98. The number of nitrogens with zero attached hydrogens (tertiary/aromatic N) is 2. The van der Waals surface area contributed by atoms with Crippen LogP contribution in [0.15, 0.2) is 29.4 Å². The first-order valence-electron chi connectivity index (χ1n) is 7.16. The van der Waals surface area contributed by atoms with Crippen molar-refractivity contribution in [1.82, 2.24) is 9.99 Å². The van der Waals surface area contributed by atoms with Crippen molar-refractivity contribution >= 4 is 27.5 Å². The number of ether oxygens (including phenoxy) is 2. The molecule has 1 aromatic heterocycles. The molecule has 7 heteroatoms. The maximum Gasteiger partial charge on any atom is 0.240 e. The largest absolute Gasteiger partial charge is 0.382 e. The number of carbonyl (C=O) groups excluding carboxylic acids is 1. The maximum atomic E-state index is 11.7. The third-order valence-electron chi connectivity index (χ3n) is 3.12. The van der Waals surface area contributed by atoms with Crippen LogP contribution in [-0.2, 0) is 21.3 Å². The summed E-state index contributed by atoms with van der Waals surface area (Å²) < 4.78 is 13.3. The summed E-state index contributed by atoms with van der Waals surface area (Å²) >= 11 is 1.55. The quantitative estimate of drug-likeness (QED) is 0.593. The average Bonchev–Trinajstić information content (AvgIpc) is 2.85. The molecule has 120 valence electrons. The molecule has 0 unspecified atom stereocenters. The minimum Gasteiger partial charge on any atom is -0.382 e. The molecule has 6 nitrogen and oxygen atoms in total. The van der Waals surface area contributed by atoms with Crippen molar-refractivity contribution in [2.45, 2.75) is 12.8 Å². The topological polar surface area (TPSA) is 64.8 Å². The highest BCUT2D eigenvalue weighted by Crippen LogP contribution is 2.14. The van der Waals surface area contributed by atoms with Crippen LogP contribution in [-0.4, -0.2) is 37.4 Å². The van der Waals surface area contributed by atoms with Crippen LogP contribution in [0.1, 0.15) is 12.8 Å². The number of amides is 1. The number of thiazole rings is 1. The second kappa shape index (κ2) is 8.67. The predicted molar refractivity (Wildman–Crippen MR) is 86.4 cm³/mol. The fraction of sp³-hybridized carbons (Fsp3) is 0.467. The second-order valence-electron chi connectivity index (χ2n) is 4.77. The van der Waals surface area contributed by atoms with Crippen molar-refractivity contribution in [2.75, 3.05) is 26.9 Å². The number of rotatable bonds is 8. The Labute approximate surface area is 133 Å². The minimum absolute atomic E-state index is 0.104. The van der Waals surface area contributed by atoms with E-state index in [1.165, 1.54) is 0 Å². The Bertz CT molecular complexity index is 678. The normalized spacial score (nSPS) is 12.0. The smallest absolute Gasteiger partial charge is 0.240 e. The highest BCUT2D eigenvalue weighted by molar-refractivity contribution is 7.16. The van der Waals surface area contributed by atoms with Gasteiger partial charge in [-0.1, -0.05) is 23.5 Å². The number of para-hydroxylation sites is 1. The number of benzene rings is 1. The van der Waals surface area contributed by atoms with Gasteiger partial charge >= 0.3 is 0 Å². The molecule has 1 amide bonds. The van der Waals surface area contributed by atoms with Crippen LogP contribution in [0.4, 0.5) is 0 Å². The van der Waals surface area contributed by atoms with E-state index >= 15 is 0 Å². The van der Waals surface area contributed by atoms with Crippen LogP contribution < -0.4 is 10.2 Å². The number of hydrogen-bond acceptors (Lipinski definition) is 5. The highest BCUT2D eigenvalue weighted by atomic mass is 32.1. The zero-order valence-corrected chi connectivity index (χ0v) is 13.7. The molecule has 2 rings (SSSR count). The monoisotopic (exact) mass is 323 g/mol. The van der Waals surface area contributed by atoms with Gasteiger partial charge in [-0.05, 0) is 18.6 Å². The van der Waals surface area contributed by atoms with E-state index in [0.29, 0.717) is 32.7 Å². The maximum absolute atomic E-state index is 11.7. The third kappa shape index (κ3) is 4.66. The van der Waals surface area contributed by atoms with Gasteiger partial charge in [-0.2, -0.15) is 0 Å². The van der Waals surface area contributed by atoms with Gasteiger partial charge in [0, 0.05) is 27.2 Å². The zero-order valence-electron chi connectivity index (χ0n) is 12.9. The summed E-state index contributed by atoms with van der Waals surface area (Å²) in [5, 5.41) is 4.19. The molecule has 0 bridgehead atoms. The summed E-state index contributed by atoms with van der Waals surface area (Å²) in [5.74, 6) is -0.104. The highest BCUT2D eigenvalue weighted by Gasteiger charge is 2.03. The zero-order chi connectivity index (χ0) is 15.8. The summed E-state index contributed by atoms with van der Waals surface area (Å²) in [6.45, 7) is 1.68. The number of fused-ring (bicyclic) bond motifs is 1. The van der Waals surface area contributed by atoms with Crippen LogP contribution in [0.5, 0.6) is 0 Å². The van der Waals surface area contributed by atoms with Crippen molar-refractivity contribution in [1.29, 1.82) is 0 Å². The Balaban J connectivity index is 1.82. The van der Waals surface area contributed by atoms with Crippen LogP contribution in [0, 0.1) is 0 Å². The molecule has 22 heavy (non-hydrogen) atoms.